The maximum atomic E-state index is 11.9. The molecule has 0 spiro atoms. The highest BCUT2D eigenvalue weighted by atomic mass is 32.1. The Morgan fingerprint density at radius 1 is 1.25 bits per heavy atom. The van der Waals surface area contributed by atoms with Crippen LogP contribution in [0.3, 0.4) is 0 Å². The molecule has 2 rings (SSSR count). The molecular formula is C14H15N3O2S. The van der Waals surface area contributed by atoms with Crippen LogP contribution in [0.5, 0.6) is 0 Å². The summed E-state index contributed by atoms with van der Waals surface area (Å²) < 4.78 is 0. The van der Waals surface area contributed by atoms with Gasteiger partial charge in [0, 0.05) is 11.3 Å². The van der Waals surface area contributed by atoms with Crippen molar-refractivity contribution in [2.24, 2.45) is 0 Å². The first-order valence-corrected chi connectivity index (χ1v) is 7.02. The van der Waals surface area contributed by atoms with E-state index < -0.39 is 0 Å². The number of carbonyl (C=O) groups excluding carboxylic acids is 2. The lowest BCUT2D eigenvalue weighted by Gasteiger charge is -2.06. The monoisotopic (exact) mass is 289 g/mol. The second-order valence-electron chi connectivity index (χ2n) is 4.44. The lowest BCUT2D eigenvalue weighted by atomic mass is 10.1. The summed E-state index contributed by atoms with van der Waals surface area (Å²) in [5.41, 5.74) is 4.39. The number of rotatable bonds is 4. The standard InChI is InChI=1S/C14H15N3O2S/c1-8-12(10(3)18)5-4-11(17-8)6-15-14(19)13-9(2)16-7-20-13/h4-5,7H,6H2,1-3H3,(H,15,19). The molecule has 0 aliphatic rings. The van der Waals surface area contributed by atoms with Gasteiger partial charge in [0.2, 0.25) is 0 Å². The number of Topliss-reactive ketones (excluding diaryl/α,β-unsaturated/α-hetero) is 1. The number of aryl methyl sites for hydroxylation is 2. The summed E-state index contributed by atoms with van der Waals surface area (Å²) in [4.78, 5) is 32.2. The summed E-state index contributed by atoms with van der Waals surface area (Å²) in [5.74, 6) is -0.161. The lowest BCUT2D eigenvalue weighted by Crippen LogP contribution is -2.23. The van der Waals surface area contributed by atoms with Crippen molar-refractivity contribution in [1.82, 2.24) is 15.3 Å². The van der Waals surface area contributed by atoms with Crippen LogP contribution in [0.4, 0.5) is 0 Å². The molecule has 0 aliphatic carbocycles. The van der Waals surface area contributed by atoms with Crippen molar-refractivity contribution in [2.45, 2.75) is 27.3 Å². The van der Waals surface area contributed by atoms with E-state index in [0.717, 1.165) is 11.4 Å². The van der Waals surface area contributed by atoms with Crippen LogP contribution in [0.1, 0.15) is 44.0 Å². The number of amides is 1. The zero-order valence-electron chi connectivity index (χ0n) is 11.6. The number of carbonyl (C=O) groups is 2. The number of nitrogens with one attached hydrogen (secondary N) is 1. The molecule has 0 fully saturated rings. The van der Waals surface area contributed by atoms with Crippen LogP contribution in [0.2, 0.25) is 0 Å². The molecule has 1 amide bonds. The van der Waals surface area contributed by atoms with Gasteiger partial charge in [-0.15, -0.1) is 11.3 Å². The van der Waals surface area contributed by atoms with E-state index in [1.165, 1.54) is 18.3 Å². The van der Waals surface area contributed by atoms with Crippen molar-refractivity contribution < 1.29 is 9.59 Å². The second kappa shape index (κ2) is 5.92. The van der Waals surface area contributed by atoms with Crippen LogP contribution in [0.15, 0.2) is 17.6 Å². The molecule has 0 aliphatic heterocycles. The SMILES string of the molecule is CC(=O)c1ccc(CNC(=O)c2scnc2C)nc1C. The highest BCUT2D eigenvalue weighted by Gasteiger charge is 2.12. The van der Waals surface area contributed by atoms with Crippen LogP contribution in [0.25, 0.3) is 0 Å². The van der Waals surface area contributed by atoms with Gasteiger partial charge in [0.05, 0.1) is 23.4 Å². The first-order valence-electron chi connectivity index (χ1n) is 6.14. The summed E-state index contributed by atoms with van der Waals surface area (Å²) in [6.07, 6.45) is 0. The Kier molecular flexibility index (Phi) is 4.24. The van der Waals surface area contributed by atoms with Crippen LogP contribution in [0, 0.1) is 13.8 Å². The van der Waals surface area contributed by atoms with Gasteiger partial charge in [-0.3, -0.25) is 14.6 Å². The Balaban J connectivity index is 2.05. The Morgan fingerprint density at radius 3 is 2.55 bits per heavy atom. The molecule has 0 unspecified atom stereocenters. The lowest BCUT2D eigenvalue weighted by molar-refractivity contribution is 0.0952. The topological polar surface area (TPSA) is 72.0 Å². The maximum absolute atomic E-state index is 11.9. The van der Waals surface area contributed by atoms with Gasteiger partial charge in [0.25, 0.3) is 5.91 Å². The van der Waals surface area contributed by atoms with E-state index in [-0.39, 0.29) is 11.7 Å². The molecular weight excluding hydrogens is 274 g/mol. The smallest absolute Gasteiger partial charge is 0.263 e. The molecule has 0 atom stereocenters. The van der Waals surface area contributed by atoms with Crippen molar-refractivity contribution in [3.05, 3.63) is 45.2 Å². The zero-order valence-corrected chi connectivity index (χ0v) is 12.4. The molecule has 104 valence electrons. The first-order chi connectivity index (χ1) is 9.49. The molecule has 0 aromatic carbocycles. The molecule has 2 heterocycles. The van der Waals surface area contributed by atoms with E-state index in [1.807, 2.05) is 0 Å². The van der Waals surface area contributed by atoms with Gasteiger partial charge in [-0.1, -0.05) is 0 Å². The Hall–Kier alpha value is -2.08. The zero-order chi connectivity index (χ0) is 14.7. The largest absolute Gasteiger partial charge is 0.346 e. The molecule has 1 N–H and O–H groups in total. The van der Waals surface area contributed by atoms with Gasteiger partial charge in [0.15, 0.2) is 5.78 Å². The fraction of sp³-hybridized carbons (Fsp3) is 0.286. The quantitative estimate of drug-likeness (QED) is 0.877. The van der Waals surface area contributed by atoms with Crippen LogP contribution >= 0.6 is 11.3 Å². The van der Waals surface area contributed by atoms with Crippen molar-refractivity contribution >= 4 is 23.0 Å². The predicted molar refractivity (Wildman–Crippen MR) is 77.0 cm³/mol. The molecule has 2 aromatic heterocycles. The summed E-state index contributed by atoms with van der Waals surface area (Å²) in [6, 6.07) is 3.49. The van der Waals surface area contributed by atoms with E-state index in [2.05, 4.69) is 15.3 Å². The Morgan fingerprint density at radius 2 is 2.00 bits per heavy atom. The van der Waals surface area contributed by atoms with Crippen LogP contribution in [-0.2, 0) is 6.54 Å². The summed E-state index contributed by atoms with van der Waals surface area (Å²) in [7, 11) is 0. The number of nitrogens with zero attached hydrogens (tertiary/aromatic N) is 2. The number of aromatic nitrogens is 2. The molecule has 5 nitrogen and oxygen atoms in total. The summed E-state index contributed by atoms with van der Waals surface area (Å²) in [5, 5.41) is 2.80. The third-order valence-electron chi connectivity index (χ3n) is 2.90. The Labute approximate surface area is 121 Å². The number of ketones is 1. The van der Waals surface area contributed by atoms with Crippen LogP contribution < -0.4 is 5.32 Å². The third kappa shape index (κ3) is 3.08. The van der Waals surface area contributed by atoms with E-state index in [4.69, 9.17) is 0 Å². The molecule has 6 heteroatoms. The van der Waals surface area contributed by atoms with E-state index >= 15 is 0 Å². The van der Waals surface area contributed by atoms with Gasteiger partial charge in [0.1, 0.15) is 4.88 Å². The van der Waals surface area contributed by atoms with Gasteiger partial charge in [-0.2, -0.15) is 0 Å². The average Bonchev–Trinajstić information content (AvgIpc) is 2.82. The molecule has 2 aromatic rings. The maximum Gasteiger partial charge on any atom is 0.263 e. The van der Waals surface area contributed by atoms with Crippen LogP contribution in [-0.4, -0.2) is 21.7 Å². The molecule has 0 radical (unpaired) electrons. The molecule has 0 bridgehead atoms. The molecule has 0 saturated carbocycles. The minimum atomic E-state index is -0.153. The minimum Gasteiger partial charge on any atom is -0.346 e. The second-order valence-corrected chi connectivity index (χ2v) is 5.30. The van der Waals surface area contributed by atoms with Crippen molar-refractivity contribution in [1.29, 1.82) is 0 Å². The van der Waals surface area contributed by atoms with E-state index in [9.17, 15) is 9.59 Å². The van der Waals surface area contributed by atoms with Crippen molar-refractivity contribution in [3.63, 3.8) is 0 Å². The van der Waals surface area contributed by atoms with E-state index in [0.29, 0.717) is 22.7 Å². The fourth-order valence-corrected chi connectivity index (χ4v) is 2.57. The van der Waals surface area contributed by atoms with Crippen molar-refractivity contribution in [3.8, 4) is 0 Å². The first kappa shape index (κ1) is 14.3. The van der Waals surface area contributed by atoms with Gasteiger partial charge >= 0.3 is 0 Å². The summed E-state index contributed by atoms with van der Waals surface area (Å²) in [6.45, 7) is 5.43. The third-order valence-corrected chi connectivity index (χ3v) is 3.83. The number of thiazole rings is 1. The fourth-order valence-electron chi connectivity index (χ4n) is 1.85. The minimum absolute atomic E-state index is 0.00845. The Bertz CT molecular complexity index is 664. The predicted octanol–water partition coefficient (Wildman–Crippen LogP) is 2.29. The average molecular weight is 289 g/mol. The van der Waals surface area contributed by atoms with Gasteiger partial charge in [-0.25, -0.2) is 4.98 Å². The highest BCUT2D eigenvalue weighted by Crippen LogP contribution is 2.12. The highest BCUT2D eigenvalue weighted by molar-refractivity contribution is 7.11. The number of pyridine rings is 1. The van der Waals surface area contributed by atoms with Gasteiger partial charge < -0.3 is 5.32 Å². The summed E-state index contributed by atoms with van der Waals surface area (Å²) >= 11 is 1.31. The van der Waals surface area contributed by atoms with Gasteiger partial charge in [-0.05, 0) is 32.9 Å². The normalized spacial score (nSPS) is 10.3. The number of hydrogen-bond acceptors (Lipinski definition) is 5. The van der Waals surface area contributed by atoms with Crippen molar-refractivity contribution in [2.75, 3.05) is 0 Å². The number of hydrogen-bond donors (Lipinski definition) is 1. The molecule has 20 heavy (non-hydrogen) atoms. The van der Waals surface area contributed by atoms with E-state index in [1.54, 1.807) is 31.5 Å². The molecule has 0 saturated heterocycles.